The first-order valence-corrected chi connectivity index (χ1v) is 4.50. The van der Waals surface area contributed by atoms with E-state index in [1.165, 1.54) is 0 Å². The molecule has 0 atom stereocenters. The second kappa shape index (κ2) is 5.59. The van der Waals surface area contributed by atoms with Crippen molar-refractivity contribution in [1.29, 1.82) is 0 Å². The minimum Gasteiger partial charge on any atom is -0.481 e. The summed E-state index contributed by atoms with van der Waals surface area (Å²) in [6, 6.07) is 0. The smallest absolute Gasteiger partial charge is 0.312 e. The second-order valence-electron chi connectivity index (χ2n) is 3.54. The summed E-state index contributed by atoms with van der Waals surface area (Å²) in [4.78, 5) is 21.1. The highest BCUT2D eigenvalue weighted by Gasteiger charge is 2.19. The summed E-state index contributed by atoms with van der Waals surface area (Å²) in [7, 11) is 0. The lowest BCUT2D eigenvalue weighted by atomic mass is 10.1. The highest BCUT2D eigenvalue weighted by Crippen LogP contribution is 2.06. The third kappa shape index (κ3) is 6.42. The van der Waals surface area contributed by atoms with Gasteiger partial charge in [-0.15, -0.1) is 0 Å². The number of carboxylic acid groups (broad SMARTS) is 1. The zero-order chi connectivity index (χ0) is 11.2. The first-order valence-electron chi connectivity index (χ1n) is 4.50. The monoisotopic (exact) mass is 203 g/mol. The minimum absolute atomic E-state index is 0.312. The number of hydrogen-bond acceptors (Lipinski definition) is 3. The van der Waals surface area contributed by atoms with Gasteiger partial charge in [-0.2, -0.15) is 0 Å². The molecule has 0 aromatic heterocycles. The summed E-state index contributed by atoms with van der Waals surface area (Å²) >= 11 is 0. The van der Waals surface area contributed by atoms with E-state index in [4.69, 9.17) is 9.84 Å². The number of ether oxygens (including phenoxy) is 1. The van der Waals surface area contributed by atoms with E-state index < -0.39 is 23.9 Å². The van der Waals surface area contributed by atoms with Crippen LogP contribution in [-0.2, 0) is 14.3 Å². The average molecular weight is 203 g/mol. The number of carbonyl (C=O) groups excluding carboxylic acids is 1. The molecule has 0 aliphatic rings. The molecule has 5 nitrogen and oxygen atoms in total. The van der Waals surface area contributed by atoms with Crippen LogP contribution in [-0.4, -0.2) is 35.7 Å². The van der Waals surface area contributed by atoms with E-state index in [1.807, 2.05) is 20.8 Å². The van der Waals surface area contributed by atoms with Crippen LogP contribution in [0.2, 0.25) is 0 Å². The molecule has 0 aromatic carbocycles. The molecule has 0 unspecified atom stereocenters. The fourth-order valence-corrected chi connectivity index (χ4v) is 0.953. The summed E-state index contributed by atoms with van der Waals surface area (Å²) in [6.07, 6.45) is -0.498. The lowest BCUT2D eigenvalue weighted by molar-refractivity contribution is -0.141. The Morgan fingerprint density at radius 2 is 2.00 bits per heavy atom. The van der Waals surface area contributed by atoms with Gasteiger partial charge in [0, 0.05) is 13.2 Å². The summed E-state index contributed by atoms with van der Waals surface area (Å²) in [5.74, 6) is -1.62. The van der Waals surface area contributed by atoms with Crippen LogP contribution < -0.4 is 5.32 Å². The fraction of sp³-hybridized carbons (Fsp3) is 0.778. The minimum atomic E-state index is -1.13. The predicted molar refractivity (Wildman–Crippen MR) is 51.0 cm³/mol. The lowest BCUT2D eigenvalue weighted by Gasteiger charge is -2.24. The van der Waals surface area contributed by atoms with E-state index in [9.17, 15) is 9.59 Å². The Bertz CT molecular complexity index is 213. The first kappa shape index (κ1) is 12.9. The molecule has 0 saturated heterocycles. The van der Waals surface area contributed by atoms with Gasteiger partial charge in [0.25, 0.3) is 0 Å². The quantitative estimate of drug-likeness (QED) is 0.612. The van der Waals surface area contributed by atoms with Gasteiger partial charge in [-0.05, 0) is 20.8 Å². The molecule has 1 amide bonds. The summed E-state index contributed by atoms with van der Waals surface area (Å²) in [6.45, 7) is 6.39. The Kier molecular flexibility index (Phi) is 5.15. The van der Waals surface area contributed by atoms with Crippen molar-refractivity contribution in [3.63, 3.8) is 0 Å². The number of aliphatic carboxylic acids is 1. The number of nitrogens with one attached hydrogen (secondary N) is 1. The Labute approximate surface area is 83.4 Å². The summed E-state index contributed by atoms with van der Waals surface area (Å²) in [5, 5.41) is 10.8. The van der Waals surface area contributed by atoms with Crippen LogP contribution in [0.25, 0.3) is 0 Å². The van der Waals surface area contributed by atoms with Crippen LogP contribution >= 0.6 is 0 Å². The standard InChI is InChI=1S/C9H17NO4/c1-4-14-9(2,3)6-10-7(11)5-8(12)13/h4-6H2,1-3H3,(H,10,11)(H,12,13). The van der Waals surface area contributed by atoms with Crippen molar-refractivity contribution < 1.29 is 19.4 Å². The van der Waals surface area contributed by atoms with Crippen molar-refractivity contribution in [1.82, 2.24) is 5.32 Å². The van der Waals surface area contributed by atoms with E-state index >= 15 is 0 Å². The van der Waals surface area contributed by atoms with E-state index in [2.05, 4.69) is 5.32 Å². The fourth-order valence-electron chi connectivity index (χ4n) is 0.953. The predicted octanol–water partition coefficient (Wildman–Crippen LogP) is 0.392. The summed E-state index contributed by atoms with van der Waals surface area (Å²) in [5.41, 5.74) is -0.455. The maximum Gasteiger partial charge on any atom is 0.312 e. The lowest BCUT2D eigenvalue weighted by Crippen LogP contribution is -2.41. The number of hydrogen-bond donors (Lipinski definition) is 2. The molecule has 0 aliphatic carbocycles. The van der Waals surface area contributed by atoms with Crippen LogP contribution in [0.4, 0.5) is 0 Å². The van der Waals surface area contributed by atoms with Gasteiger partial charge in [0.1, 0.15) is 6.42 Å². The first-order chi connectivity index (χ1) is 6.37. The third-order valence-corrected chi connectivity index (χ3v) is 1.56. The molecule has 0 radical (unpaired) electrons. The number of carbonyl (C=O) groups is 2. The summed E-state index contributed by atoms with van der Waals surface area (Å²) < 4.78 is 5.32. The van der Waals surface area contributed by atoms with E-state index in [0.717, 1.165) is 0 Å². The van der Waals surface area contributed by atoms with Crippen molar-refractivity contribution >= 4 is 11.9 Å². The van der Waals surface area contributed by atoms with Crippen molar-refractivity contribution in [2.45, 2.75) is 32.8 Å². The van der Waals surface area contributed by atoms with Gasteiger partial charge in [-0.25, -0.2) is 0 Å². The van der Waals surface area contributed by atoms with Gasteiger partial charge in [0.05, 0.1) is 5.60 Å². The normalized spacial score (nSPS) is 11.1. The van der Waals surface area contributed by atoms with E-state index in [0.29, 0.717) is 13.2 Å². The Hall–Kier alpha value is -1.10. The van der Waals surface area contributed by atoms with Crippen molar-refractivity contribution in [2.75, 3.05) is 13.2 Å². The van der Waals surface area contributed by atoms with Gasteiger partial charge in [0.2, 0.25) is 5.91 Å². The maximum atomic E-state index is 11.0. The van der Waals surface area contributed by atoms with Crippen LogP contribution in [0.15, 0.2) is 0 Å². The molecule has 2 N–H and O–H groups in total. The third-order valence-electron chi connectivity index (χ3n) is 1.56. The molecule has 5 heteroatoms. The molecule has 0 spiro atoms. The Morgan fingerprint density at radius 1 is 1.43 bits per heavy atom. The Morgan fingerprint density at radius 3 is 2.43 bits per heavy atom. The van der Waals surface area contributed by atoms with E-state index in [-0.39, 0.29) is 0 Å². The second-order valence-corrected chi connectivity index (χ2v) is 3.54. The molecule has 0 saturated carbocycles. The molecule has 0 aliphatic heterocycles. The van der Waals surface area contributed by atoms with Crippen molar-refractivity contribution in [3.05, 3.63) is 0 Å². The highest BCUT2D eigenvalue weighted by atomic mass is 16.5. The Balaban J connectivity index is 3.81. The molecular weight excluding hydrogens is 186 g/mol. The van der Waals surface area contributed by atoms with Gasteiger partial charge in [0.15, 0.2) is 0 Å². The SMILES string of the molecule is CCOC(C)(C)CNC(=O)CC(=O)O. The van der Waals surface area contributed by atoms with Crippen molar-refractivity contribution in [2.24, 2.45) is 0 Å². The van der Waals surface area contributed by atoms with Gasteiger partial charge >= 0.3 is 5.97 Å². The molecule has 14 heavy (non-hydrogen) atoms. The molecular formula is C9H17NO4. The molecule has 0 heterocycles. The molecule has 0 bridgehead atoms. The molecule has 0 aromatic rings. The van der Waals surface area contributed by atoms with Crippen LogP contribution in [0.3, 0.4) is 0 Å². The zero-order valence-corrected chi connectivity index (χ0v) is 8.79. The maximum absolute atomic E-state index is 11.0. The number of amides is 1. The molecule has 82 valence electrons. The van der Waals surface area contributed by atoms with Gasteiger partial charge < -0.3 is 15.2 Å². The zero-order valence-electron chi connectivity index (χ0n) is 8.79. The molecule has 0 fully saturated rings. The largest absolute Gasteiger partial charge is 0.481 e. The van der Waals surface area contributed by atoms with Crippen LogP contribution in [0.5, 0.6) is 0 Å². The molecule has 0 rings (SSSR count). The topological polar surface area (TPSA) is 75.6 Å². The number of rotatable bonds is 6. The average Bonchev–Trinajstić information content (AvgIpc) is 2.00. The van der Waals surface area contributed by atoms with E-state index in [1.54, 1.807) is 0 Å². The van der Waals surface area contributed by atoms with Gasteiger partial charge in [-0.1, -0.05) is 0 Å². The van der Waals surface area contributed by atoms with Crippen molar-refractivity contribution in [3.8, 4) is 0 Å². The highest BCUT2D eigenvalue weighted by molar-refractivity contribution is 5.93. The van der Waals surface area contributed by atoms with Gasteiger partial charge in [-0.3, -0.25) is 9.59 Å². The van der Waals surface area contributed by atoms with Crippen LogP contribution in [0.1, 0.15) is 27.2 Å². The van der Waals surface area contributed by atoms with Crippen LogP contribution in [0, 0.1) is 0 Å². The number of carboxylic acids is 1.